The van der Waals surface area contributed by atoms with Crippen LogP contribution < -0.4 is 4.74 Å². The third kappa shape index (κ3) is 7.00. The lowest BCUT2D eigenvalue weighted by molar-refractivity contribution is 0.0548. The minimum Gasteiger partial charge on any atom is -0.489 e. The van der Waals surface area contributed by atoms with Crippen molar-refractivity contribution in [2.24, 2.45) is 0 Å². The van der Waals surface area contributed by atoms with Crippen LogP contribution in [-0.4, -0.2) is 24.5 Å². The number of likely N-dealkylation sites (tertiary alicyclic amines) is 1. The number of alkyl halides is 1. The SMILES string of the molecule is Cl.FC1(c2cccc(OCc3ccccc3)c2)CCN(CCC(c2ccccc2)c2ccccc2)CC1. The summed E-state index contributed by atoms with van der Waals surface area (Å²) < 4.78 is 22.0. The fraction of sp³-hybridized carbons (Fsp3) is 0.273. The average molecular weight is 516 g/mol. The quantitative estimate of drug-likeness (QED) is 0.223. The number of benzene rings is 4. The van der Waals surface area contributed by atoms with Gasteiger partial charge in [0.05, 0.1) is 0 Å². The second-order valence-electron chi connectivity index (χ2n) is 9.77. The molecule has 1 aliphatic heterocycles. The summed E-state index contributed by atoms with van der Waals surface area (Å²) in [5.74, 6) is 1.08. The Bertz CT molecular complexity index is 1170. The average Bonchev–Trinajstić information content (AvgIpc) is 2.95. The molecule has 4 aromatic rings. The fourth-order valence-electron chi connectivity index (χ4n) is 5.23. The highest BCUT2D eigenvalue weighted by Crippen LogP contribution is 2.39. The Morgan fingerprint density at radius 1 is 0.730 bits per heavy atom. The highest BCUT2D eigenvalue weighted by atomic mass is 35.5. The Morgan fingerprint density at radius 2 is 1.30 bits per heavy atom. The smallest absolute Gasteiger partial charge is 0.138 e. The van der Waals surface area contributed by atoms with Gasteiger partial charge < -0.3 is 9.64 Å². The maximum Gasteiger partial charge on any atom is 0.138 e. The van der Waals surface area contributed by atoms with Crippen LogP contribution in [0.1, 0.15) is 47.4 Å². The fourth-order valence-corrected chi connectivity index (χ4v) is 5.23. The molecule has 1 aliphatic rings. The molecule has 0 aromatic heterocycles. The van der Waals surface area contributed by atoms with Crippen LogP contribution in [0.3, 0.4) is 0 Å². The molecule has 5 rings (SSSR count). The van der Waals surface area contributed by atoms with Crippen molar-refractivity contribution in [3.8, 4) is 5.75 Å². The summed E-state index contributed by atoms with van der Waals surface area (Å²) in [5.41, 5.74) is 3.22. The van der Waals surface area contributed by atoms with Crippen molar-refractivity contribution >= 4 is 12.4 Å². The first-order valence-corrected chi connectivity index (χ1v) is 13.0. The van der Waals surface area contributed by atoms with Crippen molar-refractivity contribution in [2.75, 3.05) is 19.6 Å². The first-order chi connectivity index (χ1) is 17.7. The maximum absolute atomic E-state index is 16.1. The predicted octanol–water partition coefficient (Wildman–Crippen LogP) is 8.17. The Hall–Kier alpha value is -3.14. The van der Waals surface area contributed by atoms with Crippen LogP contribution in [0.4, 0.5) is 4.39 Å². The van der Waals surface area contributed by atoms with Crippen LogP contribution in [-0.2, 0) is 12.3 Å². The number of nitrogens with zero attached hydrogens (tertiary/aromatic N) is 1. The minimum atomic E-state index is -1.30. The van der Waals surface area contributed by atoms with Gasteiger partial charge in [-0.3, -0.25) is 0 Å². The van der Waals surface area contributed by atoms with E-state index in [4.69, 9.17) is 4.74 Å². The number of rotatable bonds is 9. The van der Waals surface area contributed by atoms with E-state index in [0.29, 0.717) is 25.4 Å². The second kappa shape index (κ2) is 12.9. The molecule has 2 nitrogen and oxygen atoms in total. The zero-order valence-electron chi connectivity index (χ0n) is 21.1. The summed E-state index contributed by atoms with van der Waals surface area (Å²) in [6.07, 6.45) is 2.04. The van der Waals surface area contributed by atoms with Gasteiger partial charge in [0.25, 0.3) is 0 Å². The lowest BCUT2D eigenvalue weighted by Crippen LogP contribution is -2.41. The highest BCUT2D eigenvalue weighted by molar-refractivity contribution is 5.85. The number of hydrogen-bond donors (Lipinski definition) is 0. The third-order valence-corrected chi connectivity index (χ3v) is 7.39. The summed E-state index contributed by atoms with van der Waals surface area (Å²) in [6, 6.07) is 39.1. The normalized spacial score (nSPS) is 15.2. The lowest BCUT2D eigenvalue weighted by atomic mass is 9.85. The molecule has 192 valence electrons. The molecule has 0 radical (unpaired) electrons. The molecule has 4 heteroatoms. The summed E-state index contributed by atoms with van der Waals surface area (Å²) in [5, 5.41) is 0. The lowest BCUT2D eigenvalue weighted by Gasteiger charge is -2.37. The van der Waals surface area contributed by atoms with Gasteiger partial charge in [0.15, 0.2) is 0 Å². The van der Waals surface area contributed by atoms with Crippen molar-refractivity contribution in [2.45, 2.75) is 37.5 Å². The van der Waals surface area contributed by atoms with Crippen LogP contribution in [0.15, 0.2) is 115 Å². The first-order valence-electron chi connectivity index (χ1n) is 13.0. The Balaban J connectivity index is 0.00000320. The molecule has 0 bridgehead atoms. The van der Waals surface area contributed by atoms with E-state index in [0.717, 1.165) is 42.9 Å². The molecule has 0 amide bonds. The van der Waals surface area contributed by atoms with Gasteiger partial charge >= 0.3 is 0 Å². The molecule has 1 heterocycles. The van der Waals surface area contributed by atoms with E-state index >= 15 is 4.39 Å². The summed E-state index contributed by atoms with van der Waals surface area (Å²) >= 11 is 0. The molecule has 1 saturated heterocycles. The van der Waals surface area contributed by atoms with Gasteiger partial charge in [0.1, 0.15) is 18.0 Å². The Morgan fingerprint density at radius 3 is 1.89 bits per heavy atom. The van der Waals surface area contributed by atoms with Crippen LogP contribution in [0, 0.1) is 0 Å². The molecule has 37 heavy (non-hydrogen) atoms. The van der Waals surface area contributed by atoms with E-state index in [-0.39, 0.29) is 12.4 Å². The largest absolute Gasteiger partial charge is 0.489 e. The molecule has 0 atom stereocenters. The Kier molecular flexibility index (Phi) is 9.38. The third-order valence-electron chi connectivity index (χ3n) is 7.39. The summed E-state index contributed by atoms with van der Waals surface area (Å²) in [4.78, 5) is 2.42. The van der Waals surface area contributed by atoms with Gasteiger partial charge in [-0.25, -0.2) is 4.39 Å². The zero-order valence-corrected chi connectivity index (χ0v) is 22.0. The van der Waals surface area contributed by atoms with Crippen molar-refractivity contribution in [1.29, 1.82) is 0 Å². The van der Waals surface area contributed by atoms with Crippen LogP contribution in [0.25, 0.3) is 0 Å². The van der Waals surface area contributed by atoms with Gasteiger partial charge in [-0.15, -0.1) is 12.4 Å². The molecular weight excluding hydrogens is 481 g/mol. The molecule has 0 aliphatic carbocycles. The van der Waals surface area contributed by atoms with Crippen molar-refractivity contribution in [3.05, 3.63) is 138 Å². The van der Waals surface area contributed by atoms with E-state index in [1.807, 2.05) is 54.6 Å². The predicted molar refractivity (Wildman–Crippen MR) is 152 cm³/mol. The van der Waals surface area contributed by atoms with E-state index in [2.05, 4.69) is 65.6 Å². The van der Waals surface area contributed by atoms with Crippen LogP contribution in [0.5, 0.6) is 5.75 Å². The highest BCUT2D eigenvalue weighted by Gasteiger charge is 2.36. The van der Waals surface area contributed by atoms with Gasteiger partial charge in [-0.2, -0.15) is 0 Å². The zero-order chi connectivity index (χ0) is 24.6. The second-order valence-corrected chi connectivity index (χ2v) is 9.77. The van der Waals surface area contributed by atoms with Gasteiger partial charge in [-0.05, 0) is 60.2 Å². The van der Waals surface area contributed by atoms with E-state index < -0.39 is 5.67 Å². The van der Waals surface area contributed by atoms with Crippen molar-refractivity contribution < 1.29 is 9.13 Å². The molecule has 0 N–H and O–H groups in total. The Labute approximate surface area is 226 Å². The molecule has 4 aromatic carbocycles. The molecule has 0 spiro atoms. The summed E-state index contributed by atoms with van der Waals surface area (Å²) in [6.45, 7) is 2.98. The topological polar surface area (TPSA) is 12.5 Å². The van der Waals surface area contributed by atoms with Gasteiger partial charge in [0.2, 0.25) is 0 Å². The van der Waals surface area contributed by atoms with Crippen molar-refractivity contribution in [1.82, 2.24) is 4.90 Å². The van der Waals surface area contributed by atoms with Crippen LogP contribution in [0.2, 0.25) is 0 Å². The number of piperidine rings is 1. The standard InChI is InChI=1S/C33H34FNO.ClH/c34-33(30-17-10-18-31(25-30)36-26-27-11-4-1-5-12-27)20-23-35(24-21-33)22-19-32(28-13-6-2-7-14-28)29-15-8-3-9-16-29;/h1-18,25,32H,19-24,26H2;1H. The van der Waals surface area contributed by atoms with E-state index in [1.165, 1.54) is 11.1 Å². The monoisotopic (exact) mass is 515 g/mol. The molecular formula is C33H35ClFNO. The summed E-state index contributed by atoms with van der Waals surface area (Å²) in [7, 11) is 0. The van der Waals surface area contributed by atoms with Crippen LogP contribution >= 0.6 is 12.4 Å². The van der Waals surface area contributed by atoms with E-state index in [1.54, 1.807) is 0 Å². The minimum absolute atomic E-state index is 0. The molecule has 0 saturated carbocycles. The number of halogens is 2. The number of hydrogen-bond acceptors (Lipinski definition) is 2. The van der Waals surface area contributed by atoms with Gasteiger partial charge in [-0.1, -0.05) is 103 Å². The molecule has 0 unspecified atom stereocenters. The molecule has 1 fully saturated rings. The number of ether oxygens (including phenoxy) is 1. The van der Waals surface area contributed by atoms with Crippen molar-refractivity contribution in [3.63, 3.8) is 0 Å². The first kappa shape index (κ1) is 26.9. The van der Waals surface area contributed by atoms with E-state index in [9.17, 15) is 0 Å². The van der Waals surface area contributed by atoms with Gasteiger partial charge in [0, 0.05) is 19.0 Å². The maximum atomic E-state index is 16.1.